The van der Waals surface area contributed by atoms with Gasteiger partial charge in [0.25, 0.3) is 0 Å². The Morgan fingerprint density at radius 2 is 1.61 bits per heavy atom. The molecule has 0 radical (unpaired) electrons. The summed E-state index contributed by atoms with van der Waals surface area (Å²) in [5.41, 5.74) is 1.81. The summed E-state index contributed by atoms with van der Waals surface area (Å²) in [6.45, 7) is 1.95. The van der Waals surface area contributed by atoms with Crippen molar-refractivity contribution in [2.75, 3.05) is 41.7 Å². The normalized spacial score (nSPS) is 27.2. The molecule has 3 aromatic carbocycles. The number of ether oxygens (including phenoxy) is 9. The molecule has 4 aliphatic rings. The molecule has 13 nitrogen and oxygen atoms in total. The molecule has 0 saturated carbocycles. The average molecular weight is 612 g/mol. The Bertz CT molecular complexity index is 1620. The van der Waals surface area contributed by atoms with Gasteiger partial charge in [-0.3, -0.25) is 4.90 Å². The lowest BCUT2D eigenvalue weighted by atomic mass is 9.89. The van der Waals surface area contributed by atoms with E-state index >= 15 is 0 Å². The quantitative estimate of drug-likeness (QED) is 0.395. The summed E-state index contributed by atoms with van der Waals surface area (Å²) in [6.07, 6.45) is -3.63. The largest absolute Gasteiger partial charge is 0.502 e. The van der Waals surface area contributed by atoms with Crippen LogP contribution in [0.1, 0.15) is 22.8 Å². The maximum Gasteiger partial charge on any atom is 0.339 e. The number of methoxy groups -OCH3 is 2. The first kappa shape index (κ1) is 28.7. The van der Waals surface area contributed by atoms with Crippen molar-refractivity contribution in [2.45, 2.75) is 50.5 Å². The fourth-order valence-corrected chi connectivity index (χ4v) is 6.40. The van der Waals surface area contributed by atoms with E-state index in [0.29, 0.717) is 44.7 Å². The van der Waals surface area contributed by atoms with Crippen LogP contribution >= 0.6 is 0 Å². The van der Waals surface area contributed by atoms with E-state index in [4.69, 9.17) is 42.6 Å². The first-order chi connectivity index (χ1) is 21.2. The van der Waals surface area contributed by atoms with Crippen LogP contribution < -0.4 is 23.7 Å². The van der Waals surface area contributed by atoms with Crippen molar-refractivity contribution in [3.05, 3.63) is 35.4 Å². The van der Waals surface area contributed by atoms with Gasteiger partial charge < -0.3 is 52.8 Å². The minimum Gasteiger partial charge on any atom is -0.502 e. The highest BCUT2D eigenvalue weighted by Gasteiger charge is 2.51. The van der Waals surface area contributed by atoms with Crippen LogP contribution in [0.25, 0.3) is 21.9 Å². The number of aromatic hydroxyl groups is 1. The zero-order valence-corrected chi connectivity index (χ0v) is 24.8. The number of carbonyl (C=O) groups is 1. The lowest BCUT2D eigenvalue weighted by molar-refractivity contribution is -0.334. The van der Waals surface area contributed by atoms with Crippen molar-refractivity contribution < 1.29 is 57.6 Å². The van der Waals surface area contributed by atoms with Gasteiger partial charge in [-0.15, -0.1) is 0 Å². The molecule has 6 atom stereocenters. The maximum absolute atomic E-state index is 13.4. The fraction of sp³-hybridized carbons (Fsp3) is 0.452. The number of hydrogen-bond donors (Lipinski definition) is 2. The molecule has 4 aliphatic heterocycles. The number of esters is 1. The summed E-state index contributed by atoms with van der Waals surface area (Å²) in [6, 6.07) is 6.17. The molecule has 0 aromatic heterocycles. The van der Waals surface area contributed by atoms with Crippen molar-refractivity contribution >= 4 is 16.7 Å². The molecule has 234 valence electrons. The van der Waals surface area contributed by atoms with E-state index in [1.165, 1.54) is 14.2 Å². The highest BCUT2D eigenvalue weighted by molar-refractivity contribution is 6.14. The van der Waals surface area contributed by atoms with Crippen LogP contribution in [0.5, 0.6) is 34.5 Å². The summed E-state index contributed by atoms with van der Waals surface area (Å²) in [4.78, 5) is 15.3. The molecule has 6 unspecified atom stereocenters. The first-order valence-corrected chi connectivity index (χ1v) is 14.2. The minimum atomic E-state index is -0.977. The van der Waals surface area contributed by atoms with Crippen LogP contribution in [0.15, 0.2) is 24.3 Å². The van der Waals surface area contributed by atoms with Crippen molar-refractivity contribution in [3.8, 4) is 45.6 Å². The monoisotopic (exact) mass is 611 g/mol. The van der Waals surface area contributed by atoms with Gasteiger partial charge in [-0.05, 0) is 56.2 Å². The number of carbonyl (C=O) groups excluding carboxylic acids is 1. The highest BCUT2D eigenvalue weighted by atomic mass is 16.7. The van der Waals surface area contributed by atoms with Crippen LogP contribution in [0.3, 0.4) is 0 Å². The smallest absolute Gasteiger partial charge is 0.339 e. The molecule has 3 aromatic rings. The Hall–Kier alpha value is -4.01. The van der Waals surface area contributed by atoms with Crippen molar-refractivity contribution in [1.82, 2.24) is 4.90 Å². The third-order valence-electron chi connectivity index (χ3n) is 8.49. The molecule has 0 bridgehead atoms. The molecule has 2 fully saturated rings. The summed E-state index contributed by atoms with van der Waals surface area (Å²) in [7, 11) is 6.49. The number of aliphatic hydroxyl groups is 1. The lowest BCUT2D eigenvalue weighted by Crippen LogP contribution is -2.67. The van der Waals surface area contributed by atoms with E-state index in [0.717, 1.165) is 0 Å². The van der Waals surface area contributed by atoms with E-state index in [1.54, 1.807) is 31.2 Å². The van der Waals surface area contributed by atoms with Crippen LogP contribution in [-0.4, -0.2) is 99.7 Å². The molecule has 0 spiro atoms. The van der Waals surface area contributed by atoms with Crippen LogP contribution in [-0.2, 0) is 25.6 Å². The standard InChI is InChI=1S/C31H33NO12/c1-13-38-11-22-29(42-13)27(34)25(32(2)3)31(43-22)44-28-16-9-19-18(40-12-41-19)8-15(16)23(24-17(28)10-39-30(24)35)14-6-20(36-4)26(33)21(7-14)37-5/h6-9,13,22,25,27,29,31,33-34H,10-12H2,1-5H3. The van der Waals surface area contributed by atoms with Crippen molar-refractivity contribution in [3.63, 3.8) is 0 Å². The Morgan fingerprint density at radius 1 is 0.932 bits per heavy atom. The average Bonchev–Trinajstić information content (AvgIpc) is 3.63. The number of cyclic esters (lactones) is 1. The lowest BCUT2D eigenvalue weighted by Gasteiger charge is -2.49. The van der Waals surface area contributed by atoms with E-state index in [2.05, 4.69) is 0 Å². The number of phenolic OH excluding ortho intramolecular Hbond substituents is 1. The van der Waals surface area contributed by atoms with Gasteiger partial charge >= 0.3 is 5.97 Å². The number of likely N-dealkylation sites (N-methyl/N-ethyl adjacent to an activating group) is 1. The SMILES string of the molecule is COc1cc(-c2c3c(c(OC4OC5COC(C)OC5C(O)C4N(C)C)c4cc5c(cc24)OCO5)COC3=O)cc(OC)c1O. The van der Waals surface area contributed by atoms with Gasteiger partial charge in [-0.25, -0.2) is 4.79 Å². The van der Waals surface area contributed by atoms with Gasteiger partial charge in [0, 0.05) is 16.5 Å². The molecular formula is C31H33NO12. The summed E-state index contributed by atoms with van der Waals surface area (Å²) in [5.74, 6) is 0.914. The van der Waals surface area contributed by atoms with Gasteiger partial charge in [-0.1, -0.05) is 0 Å². The fourth-order valence-electron chi connectivity index (χ4n) is 6.40. The molecule has 13 heteroatoms. The molecule has 4 heterocycles. The van der Waals surface area contributed by atoms with Crippen molar-refractivity contribution in [1.29, 1.82) is 0 Å². The Kier molecular flexibility index (Phi) is 7.09. The van der Waals surface area contributed by atoms with Gasteiger partial charge in [0.2, 0.25) is 18.8 Å². The molecule has 7 rings (SSSR count). The van der Waals surface area contributed by atoms with Gasteiger partial charge in [0.1, 0.15) is 36.7 Å². The predicted octanol–water partition coefficient (Wildman–Crippen LogP) is 2.78. The summed E-state index contributed by atoms with van der Waals surface area (Å²) >= 11 is 0. The van der Waals surface area contributed by atoms with Crippen LogP contribution in [0, 0.1) is 0 Å². The molecule has 0 aliphatic carbocycles. The molecular weight excluding hydrogens is 578 g/mol. The van der Waals surface area contributed by atoms with Crippen LogP contribution in [0.4, 0.5) is 0 Å². The zero-order valence-electron chi connectivity index (χ0n) is 24.8. The number of nitrogens with zero attached hydrogens (tertiary/aromatic N) is 1. The highest BCUT2D eigenvalue weighted by Crippen LogP contribution is 2.51. The number of fused-ring (bicyclic) bond motifs is 4. The maximum atomic E-state index is 13.4. The number of aliphatic hydroxyl groups excluding tert-OH is 1. The molecule has 44 heavy (non-hydrogen) atoms. The second-order valence-corrected chi connectivity index (χ2v) is 11.2. The van der Waals surface area contributed by atoms with E-state index < -0.39 is 42.9 Å². The second kappa shape index (κ2) is 10.9. The summed E-state index contributed by atoms with van der Waals surface area (Å²) < 4.78 is 52.5. The Morgan fingerprint density at radius 3 is 2.27 bits per heavy atom. The molecule has 2 N–H and O–H groups in total. The predicted molar refractivity (Wildman–Crippen MR) is 152 cm³/mol. The van der Waals surface area contributed by atoms with E-state index in [-0.39, 0.29) is 42.8 Å². The third kappa shape index (κ3) is 4.46. The van der Waals surface area contributed by atoms with E-state index in [9.17, 15) is 15.0 Å². The van der Waals surface area contributed by atoms with Crippen LogP contribution in [0.2, 0.25) is 0 Å². The molecule has 2 saturated heterocycles. The van der Waals surface area contributed by atoms with E-state index in [1.807, 2.05) is 19.0 Å². The number of hydrogen-bond acceptors (Lipinski definition) is 13. The number of rotatable bonds is 6. The molecule has 0 amide bonds. The van der Waals surface area contributed by atoms with Gasteiger partial charge in [0.15, 0.2) is 29.3 Å². The number of benzene rings is 3. The third-order valence-corrected chi connectivity index (χ3v) is 8.49. The summed E-state index contributed by atoms with van der Waals surface area (Å²) in [5, 5.41) is 23.2. The topological polar surface area (TPSA) is 144 Å². The second-order valence-electron chi connectivity index (χ2n) is 11.2. The van der Waals surface area contributed by atoms with Crippen molar-refractivity contribution in [2.24, 2.45) is 0 Å². The first-order valence-electron chi connectivity index (χ1n) is 14.2. The van der Waals surface area contributed by atoms with Gasteiger partial charge in [0.05, 0.1) is 26.4 Å². The zero-order chi connectivity index (χ0) is 30.9. The van der Waals surface area contributed by atoms with Gasteiger partial charge in [-0.2, -0.15) is 0 Å². The number of phenols is 1. The Balaban J connectivity index is 1.43. The minimum absolute atomic E-state index is 0.0297. The Labute approximate surface area is 252 Å².